The molecule has 12 aromatic carbocycles. The smallest absolute Gasteiger partial charge is 0.0546 e. The summed E-state index contributed by atoms with van der Waals surface area (Å²) in [6.07, 6.45) is 0. The van der Waals surface area contributed by atoms with E-state index in [-0.39, 0.29) is 0 Å². The largest absolute Gasteiger partial charge is 0.310 e. The Kier molecular flexibility index (Phi) is 13.3. The summed E-state index contributed by atoms with van der Waals surface area (Å²) in [5.41, 5.74) is 23.9. The SMILES string of the molecule is Cc1ccc(N(c2ccc(-c3ccc(C(C)C)cc3)c(-c3ccccc3)c2)c2cc3c4ccccc4c(N(c4ccc(-c5ccc(C(C)C)cc5)c(-c5ccccc5)c4)c4ccc(C)cc4C)cc3c3ccccc23)c(C)c1. The summed E-state index contributed by atoms with van der Waals surface area (Å²) in [6.45, 7) is 17.9. The average molecular weight is 1010 g/mol. The maximum Gasteiger partial charge on any atom is 0.0546 e. The van der Waals surface area contributed by atoms with E-state index < -0.39 is 0 Å². The summed E-state index contributed by atoms with van der Waals surface area (Å²) >= 11 is 0. The molecule has 0 heterocycles. The molecule has 2 heteroatoms. The molecule has 0 radical (unpaired) electrons. The lowest BCUT2D eigenvalue weighted by atomic mass is 9.91. The Balaban J connectivity index is 1.11. The van der Waals surface area contributed by atoms with Gasteiger partial charge in [-0.3, -0.25) is 0 Å². The third-order valence-corrected chi connectivity index (χ3v) is 16.0. The standard InChI is InChI=1S/C76H66N2/c1-49(2)55-29-33-59(34-30-55)63-39-37-61(45-69(63)57-19-11-9-12-20-57)77(73-41-27-51(5)43-53(73)7)75-47-71-66-24-16-18-26-68(66)76(48-72(71)65-23-15-17-25-67(65)75)78(74-42-28-52(6)44-54(74)8)62-38-40-64(60-35-31-56(32-36-60)50(3)4)70(46-62)58-21-13-10-14-22-58/h9-50H,1-8H3. The van der Waals surface area contributed by atoms with Crippen molar-refractivity contribution in [1.29, 1.82) is 0 Å². The highest BCUT2D eigenvalue weighted by Crippen LogP contribution is 2.50. The second-order valence-corrected chi connectivity index (χ2v) is 22.0. The first kappa shape index (κ1) is 49.9. The Bertz CT molecular complexity index is 3900. The van der Waals surface area contributed by atoms with Crippen molar-refractivity contribution in [3.05, 3.63) is 276 Å². The van der Waals surface area contributed by atoms with Crippen molar-refractivity contribution in [2.75, 3.05) is 9.80 Å². The highest BCUT2D eigenvalue weighted by Gasteiger charge is 2.25. The minimum absolute atomic E-state index is 0.461. The Morgan fingerprint density at radius 2 is 0.603 bits per heavy atom. The van der Waals surface area contributed by atoms with E-state index in [9.17, 15) is 0 Å². The molecule has 0 aromatic heterocycles. The second kappa shape index (κ2) is 20.9. The molecule has 0 N–H and O–H groups in total. The van der Waals surface area contributed by atoms with Crippen molar-refractivity contribution in [3.8, 4) is 44.5 Å². The molecular formula is C76H66N2. The Hall–Kier alpha value is -8.98. The average Bonchev–Trinajstić information content (AvgIpc) is 3.66. The van der Waals surface area contributed by atoms with E-state index in [1.807, 2.05) is 0 Å². The predicted octanol–water partition coefficient (Wildman–Crippen LogP) is 22.2. The summed E-state index contributed by atoms with van der Waals surface area (Å²) < 4.78 is 0. The van der Waals surface area contributed by atoms with Crippen LogP contribution in [0.1, 0.15) is 72.9 Å². The van der Waals surface area contributed by atoms with Gasteiger partial charge in [-0.25, -0.2) is 0 Å². The molecule has 0 atom stereocenters. The molecule has 12 aromatic rings. The molecule has 380 valence electrons. The van der Waals surface area contributed by atoms with Crippen molar-refractivity contribution in [1.82, 2.24) is 0 Å². The third kappa shape index (κ3) is 9.32. The quantitative estimate of drug-likeness (QED) is 0.113. The highest BCUT2D eigenvalue weighted by atomic mass is 15.2. The highest BCUT2D eigenvalue weighted by molar-refractivity contribution is 6.24. The first-order chi connectivity index (χ1) is 38.0. The molecule has 78 heavy (non-hydrogen) atoms. The lowest BCUT2D eigenvalue weighted by Gasteiger charge is -2.32. The second-order valence-electron chi connectivity index (χ2n) is 22.0. The van der Waals surface area contributed by atoms with E-state index in [0.717, 1.165) is 34.1 Å². The molecule has 0 aliphatic carbocycles. The van der Waals surface area contributed by atoms with E-state index in [0.29, 0.717) is 11.8 Å². The van der Waals surface area contributed by atoms with Crippen LogP contribution in [0, 0.1) is 27.7 Å². The summed E-state index contributed by atoms with van der Waals surface area (Å²) in [5, 5.41) is 7.16. The maximum atomic E-state index is 2.52. The van der Waals surface area contributed by atoms with E-state index in [2.05, 4.69) is 308 Å². The summed E-state index contributed by atoms with van der Waals surface area (Å²) in [7, 11) is 0. The number of hydrogen-bond acceptors (Lipinski definition) is 2. The van der Waals surface area contributed by atoms with Crippen LogP contribution in [0.4, 0.5) is 34.1 Å². The molecule has 0 unspecified atom stereocenters. The third-order valence-electron chi connectivity index (χ3n) is 16.0. The number of aryl methyl sites for hydroxylation is 4. The van der Waals surface area contributed by atoms with Gasteiger partial charge in [0.15, 0.2) is 0 Å². The van der Waals surface area contributed by atoms with Gasteiger partial charge in [0.2, 0.25) is 0 Å². The van der Waals surface area contributed by atoms with Crippen LogP contribution in [-0.4, -0.2) is 0 Å². The van der Waals surface area contributed by atoms with Gasteiger partial charge in [0.1, 0.15) is 0 Å². The number of hydrogen-bond donors (Lipinski definition) is 0. The number of benzene rings is 12. The summed E-state index contributed by atoms with van der Waals surface area (Å²) in [4.78, 5) is 5.03. The molecule has 0 fully saturated rings. The molecule has 2 nitrogen and oxygen atoms in total. The monoisotopic (exact) mass is 1010 g/mol. The number of fused-ring (bicyclic) bond motifs is 5. The van der Waals surface area contributed by atoms with E-state index >= 15 is 0 Å². The predicted molar refractivity (Wildman–Crippen MR) is 337 cm³/mol. The molecule has 0 amide bonds. The maximum absolute atomic E-state index is 2.52. The van der Waals surface area contributed by atoms with Crippen LogP contribution in [0.25, 0.3) is 76.8 Å². The molecule has 0 saturated carbocycles. The van der Waals surface area contributed by atoms with Crippen LogP contribution in [0.15, 0.2) is 243 Å². The van der Waals surface area contributed by atoms with Crippen molar-refractivity contribution in [2.24, 2.45) is 0 Å². The zero-order valence-electron chi connectivity index (χ0n) is 46.1. The Labute approximate surface area is 461 Å². The van der Waals surface area contributed by atoms with E-state index in [4.69, 9.17) is 0 Å². The van der Waals surface area contributed by atoms with E-state index in [1.54, 1.807) is 0 Å². The van der Waals surface area contributed by atoms with Gasteiger partial charge in [0.05, 0.1) is 11.4 Å². The molecule has 0 aliphatic heterocycles. The lowest BCUT2D eigenvalue weighted by Crippen LogP contribution is -2.13. The summed E-state index contributed by atoms with van der Waals surface area (Å²) in [6, 6.07) is 91.0. The van der Waals surface area contributed by atoms with Gasteiger partial charge in [-0.15, -0.1) is 0 Å². The topological polar surface area (TPSA) is 6.48 Å². The van der Waals surface area contributed by atoms with Crippen LogP contribution in [-0.2, 0) is 0 Å². The van der Waals surface area contributed by atoms with Crippen molar-refractivity contribution in [3.63, 3.8) is 0 Å². The molecule has 0 bridgehead atoms. The molecule has 12 rings (SSSR count). The number of anilines is 6. The van der Waals surface area contributed by atoms with Gasteiger partial charge in [-0.1, -0.05) is 233 Å². The van der Waals surface area contributed by atoms with Gasteiger partial charge in [0.25, 0.3) is 0 Å². The van der Waals surface area contributed by atoms with Crippen molar-refractivity contribution in [2.45, 2.75) is 67.2 Å². The minimum atomic E-state index is 0.461. The normalized spacial score (nSPS) is 11.6. The fourth-order valence-electron chi connectivity index (χ4n) is 11.9. The molecule has 0 spiro atoms. The van der Waals surface area contributed by atoms with Crippen molar-refractivity contribution < 1.29 is 0 Å². The van der Waals surface area contributed by atoms with E-state index in [1.165, 1.54) is 110 Å². The fraction of sp³-hybridized carbons (Fsp3) is 0.132. The fourth-order valence-corrected chi connectivity index (χ4v) is 11.9. The van der Waals surface area contributed by atoms with Gasteiger partial charge in [0, 0.05) is 33.5 Å². The first-order valence-corrected chi connectivity index (χ1v) is 27.7. The van der Waals surface area contributed by atoms with Crippen molar-refractivity contribution >= 4 is 66.4 Å². The zero-order valence-corrected chi connectivity index (χ0v) is 46.1. The van der Waals surface area contributed by atoms with Crippen LogP contribution in [0.2, 0.25) is 0 Å². The Morgan fingerprint density at radius 1 is 0.256 bits per heavy atom. The van der Waals surface area contributed by atoms with Crippen LogP contribution < -0.4 is 9.80 Å². The van der Waals surface area contributed by atoms with Crippen LogP contribution >= 0.6 is 0 Å². The molecule has 0 aliphatic rings. The van der Waals surface area contributed by atoms with Gasteiger partial charge in [-0.05, 0) is 176 Å². The lowest BCUT2D eigenvalue weighted by molar-refractivity contribution is 0.867. The molecule has 0 saturated heterocycles. The minimum Gasteiger partial charge on any atom is -0.310 e. The number of nitrogens with zero attached hydrogens (tertiary/aromatic N) is 2. The first-order valence-electron chi connectivity index (χ1n) is 27.7. The van der Waals surface area contributed by atoms with Gasteiger partial charge >= 0.3 is 0 Å². The summed E-state index contributed by atoms with van der Waals surface area (Å²) in [5.74, 6) is 0.921. The molecular weight excluding hydrogens is 941 g/mol. The zero-order chi connectivity index (χ0) is 53.6. The van der Waals surface area contributed by atoms with Gasteiger partial charge in [-0.2, -0.15) is 0 Å². The Morgan fingerprint density at radius 3 is 0.962 bits per heavy atom. The van der Waals surface area contributed by atoms with Crippen LogP contribution in [0.5, 0.6) is 0 Å². The number of rotatable bonds is 12. The van der Waals surface area contributed by atoms with Gasteiger partial charge < -0.3 is 9.80 Å². The van der Waals surface area contributed by atoms with Crippen LogP contribution in [0.3, 0.4) is 0 Å².